The molecule has 0 saturated heterocycles. The Kier molecular flexibility index (Phi) is 7.97. The van der Waals surface area contributed by atoms with E-state index in [1.54, 1.807) is 23.6 Å². The maximum Gasteiger partial charge on any atom is 0.338 e. The van der Waals surface area contributed by atoms with Gasteiger partial charge in [0.2, 0.25) is 0 Å². The van der Waals surface area contributed by atoms with Gasteiger partial charge in [-0.15, -0.1) is 0 Å². The van der Waals surface area contributed by atoms with E-state index in [0.717, 1.165) is 33.8 Å². The third-order valence-corrected chi connectivity index (χ3v) is 8.85. The Morgan fingerprint density at radius 2 is 1.72 bits per heavy atom. The van der Waals surface area contributed by atoms with Crippen LogP contribution in [-0.4, -0.2) is 21.7 Å². The SMILES string of the molecule is CCOC(=O)C1=C(c2ccccc2)N=c2s/c(=C/c3cc(C)n(-c4cccc(Cl)c4)c3C)c(=O)n2[C@@H]1c1ccc(Cl)cc1. The number of benzene rings is 3. The molecular formula is C34H27Cl2N3O3S. The molecule has 6 rings (SSSR count). The normalized spacial score (nSPS) is 14.9. The molecule has 3 heterocycles. The van der Waals surface area contributed by atoms with Crippen LogP contribution in [0.2, 0.25) is 10.0 Å². The predicted molar refractivity (Wildman–Crippen MR) is 173 cm³/mol. The first-order valence-corrected chi connectivity index (χ1v) is 15.3. The summed E-state index contributed by atoms with van der Waals surface area (Å²) in [5, 5.41) is 1.20. The Morgan fingerprint density at radius 1 is 0.977 bits per heavy atom. The Hall–Kier alpha value is -4.17. The van der Waals surface area contributed by atoms with E-state index in [2.05, 4.69) is 4.57 Å². The van der Waals surface area contributed by atoms with E-state index in [4.69, 9.17) is 32.9 Å². The molecule has 0 amide bonds. The largest absolute Gasteiger partial charge is 0.463 e. The van der Waals surface area contributed by atoms with Crippen LogP contribution in [0.1, 0.15) is 41.0 Å². The third-order valence-electron chi connectivity index (χ3n) is 7.38. The van der Waals surface area contributed by atoms with E-state index >= 15 is 0 Å². The molecule has 2 aromatic heterocycles. The molecule has 0 radical (unpaired) electrons. The van der Waals surface area contributed by atoms with E-state index in [1.165, 1.54) is 11.3 Å². The molecule has 0 unspecified atom stereocenters. The highest BCUT2D eigenvalue weighted by atomic mass is 35.5. The third kappa shape index (κ3) is 5.40. The average molecular weight is 629 g/mol. The fraction of sp³-hybridized carbons (Fsp3) is 0.147. The molecule has 0 aliphatic carbocycles. The van der Waals surface area contributed by atoms with E-state index in [1.807, 2.05) is 92.7 Å². The van der Waals surface area contributed by atoms with Gasteiger partial charge in [0.1, 0.15) is 0 Å². The summed E-state index contributed by atoms with van der Waals surface area (Å²) in [6.45, 7) is 5.97. The van der Waals surface area contributed by atoms with Crippen molar-refractivity contribution in [2.75, 3.05) is 6.61 Å². The molecule has 1 aliphatic heterocycles. The van der Waals surface area contributed by atoms with Gasteiger partial charge >= 0.3 is 5.97 Å². The number of ether oxygens (including phenoxy) is 1. The van der Waals surface area contributed by atoms with Crippen LogP contribution in [0.25, 0.3) is 17.5 Å². The summed E-state index contributed by atoms with van der Waals surface area (Å²) >= 11 is 13.8. The molecule has 216 valence electrons. The molecule has 5 aromatic rings. The van der Waals surface area contributed by atoms with Crippen LogP contribution in [0.5, 0.6) is 0 Å². The standard InChI is InChI=1S/C34H27Cl2N3O3S/c1-4-42-33(41)29-30(22-9-6-5-7-10-22)37-34-39(31(29)23-13-15-25(35)16-14-23)32(40)28(43-34)18-24-17-20(2)38(21(24)3)27-12-8-11-26(36)19-27/h5-19,31H,4H2,1-3H3/b28-18+/t31-/m1/s1. The summed E-state index contributed by atoms with van der Waals surface area (Å²) < 4.78 is 9.74. The van der Waals surface area contributed by atoms with Crippen LogP contribution in [0.3, 0.4) is 0 Å². The number of aryl methyl sites for hydroxylation is 1. The van der Waals surface area contributed by atoms with E-state index in [0.29, 0.717) is 30.6 Å². The van der Waals surface area contributed by atoms with Crippen LogP contribution in [0.4, 0.5) is 0 Å². The molecule has 1 aliphatic rings. The minimum Gasteiger partial charge on any atom is -0.463 e. The van der Waals surface area contributed by atoms with Crippen molar-refractivity contribution in [2.45, 2.75) is 26.8 Å². The Balaban J connectivity index is 1.60. The van der Waals surface area contributed by atoms with Crippen LogP contribution in [0.15, 0.2) is 100 Å². The predicted octanol–water partition coefficient (Wildman–Crippen LogP) is 6.65. The minimum atomic E-state index is -0.760. The number of nitrogens with zero attached hydrogens (tertiary/aromatic N) is 3. The molecular weight excluding hydrogens is 601 g/mol. The average Bonchev–Trinajstić information content (AvgIpc) is 3.46. The number of fused-ring (bicyclic) bond motifs is 1. The summed E-state index contributed by atoms with van der Waals surface area (Å²) in [5.74, 6) is -0.524. The van der Waals surface area contributed by atoms with Crippen molar-refractivity contribution in [1.82, 2.24) is 9.13 Å². The molecule has 0 saturated carbocycles. The second-order valence-electron chi connectivity index (χ2n) is 10.1. The summed E-state index contributed by atoms with van der Waals surface area (Å²) in [6, 6.07) is 25.6. The Labute approximate surface area is 262 Å². The molecule has 0 N–H and O–H groups in total. The number of thiazole rings is 1. The fourth-order valence-corrected chi connectivity index (χ4v) is 6.79. The maximum absolute atomic E-state index is 14.2. The van der Waals surface area contributed by atoms with Crippen molar-refractivity contribution in [3.05, 3.63) is 148 Å². The van der Waals surface area contributed by atoms with Gasteiger partial charge in [-0.05, 0) is 74.4 Å². The second-order valence-corrected chi connectivity index (χ2v) is 12.0. The van der Waals surface area contributed by atoms with Crippen molar-refractivity contribution >= 4 is 52.3 Å². The molecule has 43 heavy (non-hydrogen) atoms. The highest BCUT2D eigenvalue weighted by Crippen LogP contribution is 2.35. The van der Waals surface area contributed by atoms with Gasteiger partial charge in [-0.1, -0.05) is 83.1 Å². The van der Waals surface area contributed by atoms with Gasteiger partial charge in [-0.25, -0.2) is 9.79 Å². The number of halogens is 2. The first kappa shape index (κ1) is 28.9. The number of carbonyl (C=O) groups is 1. The fourth-order valence-electron chi connectivity index (χ4n) is 5.49. The first-order chi connectivity index (χ1) is 20.8. The van der Waals surface area contributed by atoms with E-state index in [-0.39, 0.29) is 12.2 Å². The topological polar surface area (TPSA) is 65.6 Å². The molecule has 0 bridgehead atoms. The molecule has 3 aromatic carbocycles. The van der Waals surface area contributed by atoms with Crippen molar-refractivity contribution in [1.29, 1.82) is 0 Å². The zero-order valence-electron chi connectivity index (χ0n) is 23.7. The molecule has 0 fully saturated rings. The van der Waals surface area contributed by atoms with Crippen LogP contribution in [0, 0.1) is 13.8 Å². The number of carbonyl (C=O) groups excluding carboxylic acids is 1. The Morgan fingerprint density at radius 3 is 2.42 bits per heavy atom. The number of esters is 1. The lowest BCUT2D eigenvalue weighted by Gasteiger charge is -2.25. The van der Waals surface area contributed by atoms with Gasteiger partial charge < -0.3 is 9.30 Å². The van der Waals surface area contributed by atoms with Crippen LogP contribution >= 0.6 is 34.5 Å². The maximum atomic E-state index is 14.2. The van der Waals surface area contributed by atoms with Gasteiger partial charge in [0.25, 0.3) is 5.56 Å². The van der Waals surface area contributed by atoms with Gasteiger partial charge in [0.05, 0.1) is 28.5 Å². The lowest BCUT2D eigenvalue weighted by atomic mass is 9.93. The minimum absolute atomic E-state index is 0.185. The molecule has 1 atom stereocenters. The number of aromatic nitrogens is 2. The van der Waals surface area contributed by atoms with Gasteiger partial charge in [0, 0.05) is 32.7 Å². The van der Waals surface area contributed by atoms with E-state index < -0.39 is 12.0 Å². The van der Waals surface area contributed by atoms with Crippen molar-refractivity contribution < 1.29 is 9.53 Å². The van der Waals surface area contributed by atoms with Crippen LogP contribution < -0.4 is 14.9 Å². The van der Waals surface area contributed by atoms with Gasteiger partial charge in [-0.2, -0.15) is 0 Å². The van der Waals surface area contributed by atoms with E-state index in [9.17, 15) is 9.59 Å². The Bertz CT molecular complexity index is 2070. The lowest BCUT2D eigenvalue weighted by molar-refractivity contribution is -0.138. The summed E-state index contributed by atoms with van der Waals surface area (Å²) in [5.41, 5.74) is 5.84. The number of hydrogen-bond acceptors (Lipinski definition) is 5. The van der Waals surface area contributed by atoms with Gasteiger partial charge in [-0.3, -0.25) is 9.36 Å². The summed E-state index contributed by atoms with van der Waals surface area (Å²) in [4.78, 5) is 33.2. The number of hydrogen-bond donors (Lipinski definition) is 0. The quantitative estimate of drug-likeness (QED) is 0.198. The molecule has 0 spiro atoms. The van der Waals surface area contributed by atoms with Crippen molar-refractivity contribution in [3.63, 3.8) is 0 Å². The zero-order valence-corrected chi connectivity index (χ0v) is 26.0. The number of rotatable bonds is 6. The highest BCUT2D eigenvalue weighted by molar-refractivity contribution is 7.07. The lowest BCUT2D eigenvalue weighted by Crippen LogP contribution is -2.40. The first-order valence-electron chi connectivity index (χ1n) is 13.8. The molecule has 6 nitrogen and oxygen atoms in total. The smallest absolute Gasteiger partial charge is 0.338 e. The second kappa shape index (κ2) is 11.8. The molecule has 9 heteroatoms. The summed E-state index contributed by atoms with van der Waals surface area (Å²) in [7, 11) is 0. The van der Waals surface area contributed by atoms with Crippen LogP contribution in [-0.2, 0) is 9.53 Å². The van der Waals surface area contributed by atoms with Crippen molar-refractivity contribution in [3.8, 4) is 5.69 Å². The van der Waals surface area contributed by atoms with Crippen molar-refractivity contribution in [2.24, 2.45) is 4.99 Å². The van der Waals surface area contributed by atoms with Gasteiger partial charge in [0.15, 0.2) is 4.80 Å². The summed E-state index contributed by atoms with van der Waals surface area (Å²) in [6.07, 6.45) is 1.89. The zero-order chi connectivity index (χ0) is 30.2. The highest BCUT2D eigenvalue weighted by Gasteiger charge is 2.35. The monoisotopic (exact) mass is 627 g/mol.